The Kier molecular flexibility index (Phi) is 6.24. The summed E-state index contributed by atoms with van der Waals surface area (Å²) >= 11 is 0. The lowest BCUT2D eigenvalue weighted by molar-refractivity contribution is -0.211. The van der Waals surface area contributed by atoms with E-state index in [1.54, 1.807) is 13.8 Å². The number of carbonyl (C=O) groups is 1. The minimum absolute atomic E-state index is 0.0697. The lowest BCUT2D eigenvalue weighted by Gasteiger charge is -2.62. The average Bonchev–Trinajstić information content (AvgIpc) is 3.02. The molecule has 4 rings (SSSR count). The predicted molar refractivity (Wildman–Crippen MR) is 127 cm³/mol. The number of carbonyl (C=O) groups excluding carboxylic acids is 1. The van der Waals surface area contributed by atoms with Crippen molar-refractivity contribution in [1.29, 1.82) is 0 Å². The van der Waals surface area contributed by atoms with Gasteiger partial charge in [0.15, 0.2) is 5.78 Å². The van der Waals surface area contributed by atoms with Crippen molar-refractivity contribution in [3.63, 3.8) is 0 Å². The first-order chi connectivity index (χ1) is 15.5. The molecule has 0 amide bonds. The highest BCUT2D eigenvalue weighted by atomic mass is 16.3. The Morgan fingerprint density at radius 1 is 1.00 bits per heavy atom. The molecule has 0 unspecified atom stereocenters. The van der Waals surface area contributed by atoms with Crippen molar-refractivity contribution >= 4 is 5.78 Å². The molecule has 194 valence electrons. The first kappa shape index (κ1) is 26.2. The topological polar surface area (TPSA) is 138 Å². The summed E-state index contributed by atoms with van der Waals surface area (Å²) in [5, 5.41) is 66.9. The number of ketones is 1. The normalized spacial score (nSPS) is 49.1. The van der Waals surface area contributed by atoms with Gasteiger partial charge in [-0.25, -0.2) is 0 Å². The second kappa shape index (κ2) is 8.09. The van der Waals surface area contributed by atoms with Gasteiger partial charge in [-0.15, -0.1) is 0 Å². The Bertz CT molecular complexity index is 867. The third-order valence-corrected chi connectivity index (χ3v) is 10.7. The van der Waals surface area contributed by atoms with Crippen molar-refractivity contribution in [2.75, 3.05) is 0 Å². The Morgan fingerprint density at radius 2 is 1.62 bits per heavy atom. The largest absolute Gasteiger partial charge is 0.390 e. The van der Waals surface area contributed by atoms with Gasteiger partial charge in [-0.2, -0.15) is 0 Å². The monoisotopic (exact) mass is 480 g/mol. The standard InChI is InChI=1S/C27H44O7/c1-15(2)6-7-21(30)25(5,32)20-9-11-26(33)17-12-22(31)27(34)14-19(29)18(28)13-24(27,4)16(17)8-10-23(20,26)3/h12,15-16,18-21,28-30,32-34H,6-11,13-14H2,1-5H3/t16-,18-,19+,20-,21+,23+,24+,25+,26+,27+/m0/s1. The van der Waals surface area contributed by atoms with Crippen LogP contribution in [-0.2, 0) is 4.79 Å². The van der Waals surface area contributed by atoms with Crippen molar-refractivity contribution in [3.8, 4) is 0 Å². The van der Waals surface area contributed by atoms with Crippen molar-refractivity contribution in [1.82, 2.24) is 0 Å². The Hall–Kier alpha value is -0.830. The fourth-order valence-corrected chi connectivity index (χ4v) is 8.31. The van der Waals surface area contributed by atoms with E-state index >= 15 is 0 Å². The molecule has 0 radical (unpaired) electrons. The first-order valence-electron chi connectivity index (χ1n) is 13.0. The molecule has 3 fully saturated rings. The van der Waals surface area contributed by atoms with E-state index in [0.29, 0.717) is 43.6 Å². The number of hydrogen-bond acceptors (Lipinski definition) is 7. The van der Waals surface area contributed by atoms with Crippen LogP contribution in [0.1, 0.15) is 86.0 Å². The molecule has 7 heteroatoms. The molecule has 0 spiro atoms. The maximum Gasteiger partial charge on any atom is 0.187 e. The maximum atomic E-state index is 13.3. The Labute approximate surface area is 202 Å². The Morgan fingerprint density at radius 3 is 2.24 bits per heavy atom. The molecule has 10 atom stereocenters. The SMILES string of the molecule is CC(C)CC[C@@H](O)[C@](C)(O)[C@H]1CC[C@@]2(O)C3=CC(=O)[C@]4(O)C[C@@H](O)[C@@H](O)C[C@]4(C)[C@H]3CC[C@]12C. The van der Waals surface area contributed by atoms with Crippen LogP contribution in [0.25, 0.3) is 0 Å². The van der Waals surface area contributed by atoms with Gasteiger partial charge < -0.3 is 30.6 Å². The molecule has 0 bridgehead atoms. The number of rotatable bonds is 5. The van der Waals surface area contributed by atoms with E-state index in [4.69, 9.17) is 0 Å². The van der Waals surface area contributed by atoms with E-state index in [1.807, 2.05) is 6.92 Å². The maximum absolute atomic E-state index is 13.3. The smallest absolute Gasteiger partial charge is 0.187 e. The molecule has 34 heavy (non-hydrogen) atoms. The quantitative estimate of drug-likeness (QED) is 0.353. The van der Waals surface area contributed by atoms with Crippen LogP contribution in [0, 0.1) is 28.6 Å². The molecule has 4 aliphatic rings. The van der Waals surface area contributed by atoms with Crippen LogP contribution in [0.5, 0.6) is 0 Å². The van der Waals surface area contributed by atoms with Crippen LogP contribution in [0.2, 0.25) is 0 Å². The highest BCUT2D eigenvalue weighted by Crippen LogP contribution is 2.69. The zero-order valence-corrected chi connectivity index (χ0v) is 21.3. The van der Waals surface area contributed by atoms with E-state index in [-0.39, 0.29) is 24.7 Å². The average molecular weight is 481 g/mol. The third-order valence-electron chi connectivity index (χ3n) is 10.7. The summed E-state index contributed by atoms with van der Waals surface area (Å²) < 4.78 is 0. The number of fused-ring (bicyclic) bond motifs is 5. The summed E-state index contributed by atoms with van der Waals surface area (Å²) in [4.78, 5) is 13.3. The van der Waals surface area contributed by atoms with E-state index in [9.17, 15) is 35.4 Å². The van der Waals surface area contributed by atoms with Gasteiger partial charge in [0.2, 0.25) is 0 Å². The fourth-order valence-electron chi connectivity index (χ4n) is 8.31. The third kappa shape index (κ3) is 3.34. The summed E-state index contributed by atoms with van der Waals surface area (Å²) in [5.74, 6) is -0.821. The van der Waals surface area contributed by atoms with Crippen LogP contribution in [0.4, 0.5) is 0 Å². The lowest BCUT2D eigenvalue weighted by atomic mass is 9.44. The van der Waals surface area contributed by atoms with Gasteiger partial charge in [-0.05, 0) is 81.3 Å². The number of hydrogen-bond donors (Lipinski definition) is 6. The second-order valence-corrected chi connectivity index (χ2v) is 13.0. The van der Waals surface area contributed by atoms with Crippen LogP contribution in [-0.4, -0.2) is 71.5 Å². The van der Waals surface area contributed by atoms with Crippen molar-refractivity contribution in [2.45, 2.75) is 121 Å². The Balaban J connectivity index is 1.71. The van der Waals surface area contributed by atoms with Gasteiger partial charge in [-0.1, -0.05) is 27.7 Å². The number of aliphatic hydroxyl groups is 6. The van der Waals surface area contributed by atoms with E-state index in [0.717, 1.165) is 6.42 Å². The number of aliphatic hydroxyl groups excluding tert-OH is 3. The van der Waals surface area contributed by atoms with Crippen molar-refractivity contribution in [3.05, 3.63) is 11.6 Å². The second-order valence-electron chi connectivity index (χ2n) is 13.0. The fraction of sp³-hybridized carbons (Fsp3) is 0.889. The summed E-state index contributed by atoms with van der Waals surface area (Å²) in [6, 6.07) is 0. The van der Waals surface area contributed by atoms with E-state index in [1.165, 1.54) is 6.08 Å². The predicted octanol–water partition coefficient (Wildman–Crippen LogP) is 1.85. The first-order valence-corrected chi connectivity index (χ1v) is 13.0. The van der Waals surface area contributed by atoms with Gasteiger partial charge in [0.1, 0.15) is 5.60 Å². The zero-order valence-electron chi connectivity index (χ0n) is 21.3. The summed E-state index contributed by atoms with van der Waals surface area (Å²) in [6.45, 7) is 9.58. The van der Waals surface area contributed by atoms with Gasteiger partial charge in [0, 0.05) is 17.3 Å². The molecule has 0 saturated heterocycles. The molecule has 6 N–H and O–H groups in total. The van der Waals surface area contributed by atoms with Crippen LogP contribution < -0.4 is 0 Å². The highest BCUT2D eigenvalue weighted by molar-refractivity contribution is 6.00. The zero-order chi connectivity index (χ0) is 25.5. The molecular formula is C27H44O7. The molecule has 0 heterocycles. The summed E-state index contributed by atoms with van der Waals surface area (Å²) in [7, 11) is 0. The van der Waals surface area contributed by atoms with Crippen LogP contribution >= 0.6 is 0 Å². The molecule has 0 aromatic carbocycles. The molecule has 0 aromatic rings. The molecule has 7 nitrogen and oxygen atoms in total. The van der Waals surface area contributed by atoms with Crippen molar-refractivity contribution < 1.29 is 35.4 Å². The van der Waals surface area contributed by atoms with Gasteiger partial charge in [0.25, 0.3) is 0 Å². The van der Waals surface area contributed by atoms with Crippen LogP contribution in [0.3, 0.4) is 0 Å². The molecular weight excluding hydrogens is 436 g/mol. The minimum Gasteiger partial charge on any atom is -0.390 e. The van der Waals surface area contributed by atoms with E-state index in [2.05, 4.69) is 13.8 Å². The van der Waals surface area contributed by atoms with Gasteiger partial charge >= 0.3 is 0 Å². The van der Waals surface area contributed by atoms with Crippen LogP contribution in [0.15, 0.2) is 11.6 Å². The minimum atomic E-state index is -1.79. The highest BCUT2D eigenvalue weighted by Gasteiger charge is 2.71. The van der Waals surface area contributed by atoms with Crippen molar-refractivity contribution in [2.24, 2.45) is 28.6 Å². The molecule has 3 saturated carbocycles. The van der Waals surface area contributed by atoms with Gasteiger partial charge in [-0.3, -0.25) is 4.79 Å². The molecule has 0 aromatic heterocycles. The lowest BCUT2D eigenvalue weighted by Crippen LogP contribution is -2.69. The van der Waals surface area contributed by atoms with Gasteiger partial charge in [0.05, 0.1) is 29.5 Å². The van der Waals surface area contributed by atoms with E-state index < -0.39 is 51.7 Å². The molecule has 0 aliphatic heterocycles. The summed E-state index contributed by atoms with van der Waals surface area (Å²) in [6.07, 6.45) is 1.37. The summed E-state index contributed by atoms with van der Waals surface area (Å²) in [5.41, 5.74) is -5.73. The molecule has 4 aliphatic carbocycles.